The van der Waals surface area contributed by atoms with Crippen LogP contribution in [-0.4, -0.2) is 8.42 Å². The first-order chi connectivity index (χ1) is 13.1. The van der Waals surface area contributed by atoms with Crippen molar-refractivity contribution in [1.82, 2.24) is 0 Å². The van der Waals surface area contributed by atoms with Gasteiger partial charge in [0.25, 0.3) is 10.1 Å². The van der Waals surface area contributed by atoms with Crippen molar-refractivity contribution in [3.05, 3.63) is 101 Å². The molecule has 0 N–H and O–H groups in total. The first kappa shape index (κ1) is 17.5. The molecule has 0 heterocycles. The molecule has 4 rings (SSSR count). The molecule has 0 aliphatic heterocycles. The third-order valence-electron chi connectivity index (χ3n) is 4.74. The van der Waals surface area contributed by atoms with Crippen molar-refractivity contribution in [3.8, 4) is 11.8 Å². The van der Waals surface area contributed by atoms with Gasteiger partial charge in [-0.25, -0.2) is 4.18 Å². The van der Waals surface area contributed by atoms with E-state index < -0.39 is 15.7 Å². The van der Waals surface area contributed by atoms with Gasteiger partial charge in [-0.15, -0.1) is 5.92 Å². The van der Waals surface area contributed by atoms with Crippen LogP contribution in [-0.2, 0) is 26.3 Å². The van der Waals surface area contributed by atoms with E-state index in [2.05, 4.69) is 11.8 Å². The van der Waals surface area contributed by atoms with Crippen molar-refractivity contribution in [2.75, 3.05) is 0 Å². The molecule has 0 saturated heterocycles. The Morgan fingerprint density at radius 1 is 0.815 bits per heavy atom. The van der Waals surface area contributed by atoms with Crippen LogP contribution in [0.15, 0.2) is 83.8 Å². The van der Waals surface area contributed by atoms with Crippen molar-refractivity contribution < 1.29 is 12.6 Å². The van der Waals surface area contributed by atoms with Crippen LogP contribution in [0.3, 0.4) is 0 Å². The minimum Gasteiger partial charge on any atom is -0.237 e. The minimum absolute atomic E-state index is 0.114. The van der Waals surface area contributed by atoms with E-state index in [1.54, 1.807) is 25.1 Å². The summed E-state index contributed by atoms with van der Waals surface area (Å²) < 4.78 is 32.2. The smallest absolute Gasteiger partial charge is 0.237 e. The van der Waals surface area contributed by atoms with Gasteiger partial charge in [-0.05, 0) is 36.6 Å². The van der Waals surface area contributed by atoms with Gasteiger partial charge in [0.1, 0.15) is 0 Å². The molecule has 4 heteroatoms. The molecular weight excluding hydrogens is 356 g/mol. The molecule has 1 aliphatic rings. The van der Waals surface area contributed by atoms with E-state index in [4.69, 9.17) is 4.18 Å². The number of hydrogen-bond donors (Lipinski definition) is 0. The first-order valence-electron chi connectivity index (χ1n) is 8.68. The lowest BCUT2D eigenvalue weighted by Gasteiger charge is -2.36. The van der Waals surface area contributed by atoms with Crippen molar-refractivity contribution in [1.29, 1.82) is 0 Å². The van der Waals surface area contributed by atoms with Gasteiger partial charge in [-0.2, -0.15) is 8.42 Å². The van der Waals surface area contributed by atoms with Crippen molar-refractivity contribution in [2.24, 2.45) is 0 Å². The van der Waals surface area contributed by atoms with Crippen LogP contribution in [0.4, 0.5) is 0 Å². The standard InChI is InChI=1S/C23H18O3S/c1-2-16-23(26-27(24,25)20-12-4-3-5-13-20)21-14-8-6-10-18(21)17-19-11-7-9-15-22(19)23/h3-15H,17H2,1H3. The fourth-order valence-corrected chi connectivity index (χ4v) is 4.74. The van der Waals surface area contributed by atoms with Gasteiger partial charge in [0.05, 0.1) is 4.90 Å². The predicted molar refractivity (Wildman–Crippen MR) is 105 cm³/mol. The predicted octanol–water partition coefficient (Wildman–Crippen LogP) is 4.26. The Morgan fingerprint density at radius 3 is 1.89 bits per heavy atom. The van der Waals surface area contributed by atoms with E-state index in [9.17, 15) is 8.42 Å². The summed E-state index contributed by atoms with van der Waals surface area (Å²) in [6.07, 6.45) is 0.717. The molecule has 0 spiro atoms. The monoisotopic (exact) mass is 374 g/mol. The van der Waals surface area contributed by atoms with Crippen LogP contribution < -0.4 is 0 Å². The van der Waals surface area contributed by atoms with E-state index in [-0.39, 0.29) is 4.90 Å². The van der Waals surface area contributed by atoms with Gasteiger partial charge >= 0.3 is 0 Å². The molecule has 0 saturated carbocycles. The summed E-state index contributed by atoms with van der Waals surface area (Å²) in [6.45, 7) is 1.69. The normalized spacial score (nSPS) is 14.4. The zero-order valence-corrected chi connectivity index (χ0v) is 15.7. The third-order valence-corrected chi connectivity index (χ3v) is 6.06. The highest BCUT2D eigenvalue weighted by Crippen LogP contribution is 2.44. The van der Waals surface area contributed by atoms with Crippen LogP contribution in [0.5, 0.6) is 0 Å². The van der Waals surface area contributed by atoms with Gasteiger partial charge in [0.2, 0.25) is 0 Å². The van der Waals surface area contributed by atoms with Crippen LogP contribution in [0.1, 0.15) is 29.2 Å². The summed E-state index contributed by atoms with van der Waals surface area (Å²) >= 11 is 0. The van der Waals surface area contributed by atoms with Crippen molar-refractivity contribution >= 4 is 10.1 Å². The molecular formula is C23H18O3S. The molecule has 0 bridgehead atoms. The van der Waals surface area contributed by atoms with Crippen LogP contribution in [0.2, 0.25) is 0 Å². The van der Waals surface area contributed by atoms with Gasteiger partial charge in [0.15, 0.2) is 5.60 Å². The number of hydrogen-bond acceptors (Lipinski definition) is 3. The Hall–Kier alpha value is -2.87. The minimum atomic E-state index is -4.03. The van der Waals surface area contributed by atoms with E-state index in [0.717, 1.165) is 22.3 Å². The maximum absolute atomic E-state index is 13.1. The highest BCUT2D eigenvalue weighted by atomic mass is 32.2. The number of fused-ring (bicyclic) bond motifs is 2. The molecule has 1 aliphatic carbocycles. The van der Waals surface area contributed by atoms with Crippen molar-refractivity contribution in [3.63, 3.8) is 0 Å². The van der Waals surface area contributed by atoms with E-state index in [0.29, 0.717) is 6.42 Å². The average molecular weight is 374 g/mol. The molecule has 3 aromatic rings. The highest BCUT2D eigenvalue weighted by Gasteiger charge is 2.44. The summed E-state index contributed by atoms with van der Waals surface area (Å²) in [5, 5.41) is 0. The van der Waals surface area contributed by atoms with Crippen LogP contribution in [0, 0.1) is 11.8 Å². The molecule has 27 heavy (non-hydrogen) atoms. The summed E-state index contributed by atoms with van der Waals surface area (Å²) in [5.74, 6) is 5.98. The molecule has 3 nitrogen and oxygen atoms in total. The van der Waals surface area contributed by atoms with Crippen LogP contribution in [0.25, 0.3) is 0 Å². The highest BCUT2D eigenvalue weighted by molar-refractivity contribution is 7.86. The van der Waals surface area contributed by atoms with Crippen molar-refractivity contribution in [2.45, 2.75) is 23.8 Å². The zero-order chi connectivity index (χ0) is 18.9. The molecule has 0 unspecified atom stereocenters. The lowest BCUT2D eigenvalue weighted by molar-refractivity contribution is 0.178. The van der Waals surface area contributed by atoms with Gasteiger partial charge in [-0.3, -0.25) is 0 Å². The Bertz CT molecular complexity index is 1110. The average Bonchev–Trinajstić information content (AvgIpc) is 2.69. The Kier molecular flexibility index (Phi) is 4.35. The van der Waals surface area contributed by atoms with E-state index >= 15 is 0 Å². The van der Waals surface area contributed by atoms with Crippen LogP contribution >= 0.6 is 0 Å². The topological polar surface area (TPSA) is 43.4 Å². The second-order valence-electron chi connectivity index (χ2n) is 6.40. The second kappa shape index (κ2) is 6.70. The largest absolute Gasteiger partial charge is 0.299 e. The molecule has 0 amide bonds. The van der Waals surface area contributed by atoms with Gasteiger partial charge in [-0.1, -0.05) is 72.7 Å². The Morgan fingerprint density at radius 2 is 1.33 bits per heavy atom. The first-order valence-corrected chi connectivity index (χ1v) is 10.1. The second-order valence-corrected chi connectivity index (χ2v) is 7.94. The summed E-state index contributed by atoms with van der Waals surface area (Å²) in [7, 11) is -4.03. The lowest BCUT2D eigenvalue weighted by atomic mass is 9.75. The maximum atomic E-state index is 13.1. The molecule has 3 aromatic carbocycles. The van der Waals surface area contributed by atoms with Gasteiger partial charge < -0.3 is 0 Å². The third kappa shape index (κ3) is 2.95. The molecule has 0 aromatic heterocycles. The molecule has 0 radical (unpaired) electrons. The lowest BCUT2D eigenvalue weighted by Crippen LogP contribution is -2.37. The zero-order valence-electron chi connectivity index (χ0n) is 14.8. The summed E-state index contributed by atoms with van der Waals surface area (Å²) in [6, 6.07) is 23.6. The molecule has 0 fully saturated rings. The maximum Gasteiger partial charge on any atom is 0.299 e. The SMILES string of the molecule is CC#CC1(OS(=O)(=O)c2ccccc2)c2ccccc2Cc2ccccc21. The molecule has 134 valence electrons. The fourth-order valence-electron chi connectivity index (χ4n) is 3.61. The quantitative estimate of drug-likeness (QED) is 0.508. The van der Waals surface area contributed by atoms with Gasteiger partial charge in [0, 0.05) is 11.1 Å². The van der Waals surface area contributed by atoms with E-state index in [1.165, 1.54) is 12.1 Å². The number of rotatable bonds is 3. The summed E-state index contributed by atoms with van der Waals surface area (Å²) in [4.78, 5) is 0.114. The number of benzene rings is 3. The molecule has 0 atom stereocenters. The Balaban J connectivity index is 1.98. The Labute approximate surface area is 159 Å². The van der Waals surface area contributed by atoms with E-state index in [1.807, 2.05) is 48.5 Å². The fraction of sp³-hybridized carbons (Fsp3) is 0.130. The summed E-state index contributed by atoms with van der Waals surface area (Å²) in [5.41, 5.74) is 2.22.